The van der Waals surface area contributed by atoms with Crippen LogP contribution in [0.3, 0.4) is 0 Å². The third-order valence-electron chi connectivity index (χ3n) is 7.23. The molecule has 2 aromatic carbocycles. The maximum absolute atomic E-state index is 13.5. The fourth-order valence-corrected chi connectivity index (χ4v) is 5.94. The first-order valence-electron chi connectivity index (χ1n) is 13.3. The Morgan fingerprint density at radius 1 is 1.10 bits per heavy atom. The van der Waals surface area contributed by atoms with E-state index in [4.69, 9.17) is 32.7 Å². The number of aryl methyl sites for hydroxylation is 1. The number of carbonyl (C=O) groups is 2. The lowest BCUT2D eigenvalue weighted by Gasteiger charge is -2.31. The molecule has 1 amide bonds. The number of amides is 1. The molecule has 0 bridgehead atoms. The Bertz CT molecular complexity index is 1340. The van der Waals surface area contributed by atoms with E-state index < -0.39 is 11.7 Å². The number of benzene rings is 2. The quantitative estimate of drug-likeness (QED) is 0.338. The van der Waals surface area contributed by atoms with Crippen molar-refractivity contribution in [3.05, 3.63) is 81.1 Å². The lowest BCUT2D eigenvalue weighted by atomic mass is 9.92. The molecule has 1 saturated heterocycles. The molecular formula is C30H33Cl2N3O4. The summed E-state index contributed by atoms with van der Waals surface area (Å²) in [5.74, 6) is 0.545. The van der Waals surface area contributed by atoms with E-state index in [1.165, 1.54) is 4.68 Å². The van der Waals surface area contributed by atoms with Crippen LogP contribution in [-0.4, -0.2) is 44.9 Å². The Morgan fingerprint density at radius 3 is 2.51 bits per heavy atom. The van der Waals surface area contributed by atoms with Crippen LogP contribution >= 0.6 is 23.2 Å². The number of ether oxygens (including phenoxy) is 2. The number of hydrogen-bond donors (Lipinski definition) is 0. The summed E-state index contributed by atoms with van der Waals surface area (Å²) in [6.45, 7) is 6.59. The fraction of sp³-hybridized carbons (Fsp3) is 0.433. The third-order valence-corrected chi connectivity index (χ3v) is 7.91. The minimum absolute atomic E-state index is 0.0750. The topological polar surface area (TPSA) is 73.7 Å². The normalized spacial score (nSPS) is 19.2. The Hall–Kier alpha value is -3.03. The SMILES string of the molecule is CC(C)(C)OC(=O)n1cc2c(n1)CC[C@H](N1CCC(Cc3c(Cl)cc(OCc4ccccc4)cc3Cl)C1=O)C2. The maximum Gasteiger partial charge on any atom is 0.435 e. The molecule has 1 aliphatic heterocycles. The molecular weight excluding hydrogens is 537 g/mol. The Balaban J connectivity index is 1.21. The number of hydrogen-bond acceptors (Lipinski definition) is 5. The van der Waals surface area contributed by atoms with Crippen molar-refractivity contribution >= 4 is 35.2 Å². The summed E-state index contributed by atoms with van der Waals surface area (Å²) in [4.78, 5) is 27.9. The highest BCUT2D eigenvalue weighted by Crippen LogP contribution is 2.36. The highest BCUT2D eigenvalue weighted by Gasteiger charge is 2.38. The smallest absolute Gasteiger partial charge is 0.435 e. The lowest BCUT2D eigenvalue weighted by molar-refractivity contribution is -0.133. The molecule has 2 heterocycles. The van der Waals surface area contributed by atoms with Crippen molar-refractivity contribution in [2.24, 2.45) is 5.92 Å². The van der Waals surface area contributed by atoms with Gasteiger partial charge in [-0.2, -0.15) is 9.78 Å². The van der Waals surface area contributed by atoms with E-state index in [1.54, 1.807) is 18.3 Å². The molecule has 0 saturated carbocycles. The molecule has 0 radical (unpaired) electrons. The number of fused-ring (bicyclic) bond motifs is 1. The molecule has 39 heavy (non-hydrogen) atoms. The van der Waals surface area contributed by atoms with E-state index in [0.29, 0.717) is 48.2 Å². The summed E-state index contributed by atoms with van der Waals surface area (Å²) in [5, 5.41) is 5.46. The van der Waals surface area contributed by atoms with Crippen molar-refractivity contribution in [3.8, 4) is 5.75 Å². The predicted molar refractivity (Wildman–Crippen MR) is 150 cm³/mol. The van der Waals surface area contributed by atoms with Crippen LogP contribution in [0.5, 0.6) is 5.75 Å². The molecule has 0 spiro atoms. The van der Waals surface area contributed by atoms with Crippen LogP contribution in [0.25, 0.3) is 0 Å². The van der Waals surface area contributed by atoms with Crippen LogP contribution in [0, 0.1) is 5.92 Å². The lowest BCUT2D eigenvalue weighted by Crippen LogP contribution is -2.41. The van der Waals surface area contributed by atoms with Crippen molar-refractivity contribution in [1.29, 1.82) is 0 Å². The molecule has 2 atom stereocenters. The molecule has 1 aliphatic carbocycles. The van der Waals surface area contributed by atoms with Crippen LogP contribution in [0.1, 0.15) is 56.0 Å². The monoisotopic (exact) mass is 569 g/mol. The Kier molecular flexibility index (Phi) is 7.92. The first kappa shape index (κ1) is 27.5. The van der Waals surface area contributed by atoms with Crippen molar-refractivity contribution in [2.75, 3.05) is 6.54 Å². The van der Waals surface area contributed by atoms with Crippen molar-refractivity contribution < 1.29 is 19.1 Å². The highest BCUT2D eigenvalue weighted by atomic mass is 35.5. The van der Waals surface area contributed by atoms with Gasteiger partial charge in [0.15, 0.2) is 0 Å². The number of carbonyl (C=O) groups excluding carboxylic acids is 2. The first-order chi connectivity index (χ1) is 18.6. The van der Waals surface area contributed by atoms with Gasteiger partial charge in [-0.05, 0) is 81.7 Å². The third kappa shape index (κ3) is 6.42. The molecule has 2 aliphatic rings. The zero-order valence-electron chi connectivity index (χ0n) is 22.5. The van der Waals surface area contributed by atoms with Gasteiger partial charge >= 0.3 is 6.09 Å². The second kappa shape index (κ2) is 11.2. The average molecular weight is 571 g/mol. The van der Waals surface area contributed by atoms with Gasteiger partial charge in [0.1, 0.15) is 18.0 Å². The summed E-state index contributed by atoms with van der Waals surface area (Å²) in [7, 11) is 0. The number of rotatable bonds is 6. The van der Waals surface area contributed by atoms with Gasteiger partial charge in [0.25, 0.3) is 0 Å². The molecule has 1 fully saturated rings. The van der Waals surface area contributed by atoms with Crippen LogP contribution in [0.4, 0.5) is 4.79 Å². The minimum Gasteiger partial charge on any atom is -0.489 e. The van der Waals surface area contributed by atoms with Crippen LogP contribution in [-0.2, 0) is 35.4 Å². The maximum atomic E-state index is 13.5. The van der Waals surface area contributed by atoms with E-state index in [-0.39, 0.29) is 17.9 Å². The fourth-order valence-electron chi connectivity index (χ4n) is 5.31. The molecule has 206 valence electrons. The number of nitrogens with zero attached hydrogens (tertiary/aromatic N) is 3. The van der Waals surface area contributed by atoms with Gasteiger partial charge in [-0.3, -0.25) is 4.79 Å². The number of likely N-dealkylation sites (tertiary alicyclic amines) is 1. The summed E-state index contributed by atoms with van der Waals surface area (Å²) in [5.41, 5.74) is 3.12. The molecule has 1 unspecified atom stereocenters. The van der Waals surface area contributed by atoms with Crippen LogP contribution < -0.4 is 4.74 Å². The summed E-state index contributed by atoms with van der Waals surface area (Å²) in [6, 6.07) is 13.5. The van der Waals surface area contributed by atoms with Gasteiger partial charge in [-0.1, -0.05) is 53.5 Å². The second-order valence-corrected chi connectivity index (χ2v) is 12.1. The van der Waals surface area contributed by atoms with Gasteiger partial charge in [-0.15, -0.1) is 0 Å². The van der Waals surface area contributed by atoms with E-state index in [0.717, 1.165) is 35.2 Å². The largest absolute Gasteiger partial charge is 0.489 e. The molecule has 7 nitrogen and oxygen atoms in total. The van der Waals surface area contributed by atoms with Crippen molar-refractivity contribution in [3.63, 3.8) is 0 Å². The van der Waals surface area contributed by atoms with Crippen molar-refractivity contribution in [1.82, 2.24) is 14.7 Å². The average Bonchev–Trinajstić information content (AvgIpc) is 3.47. The Morgan fingerprint density at radius 2 is 1.82 bits per heavy atom. The minimum atomic E-state index is -0.593. The number of halogens is 2. The van der Waals surface area contributed by atoms with Crippen molar-refractivity contribution in [2.45, 2.75) is 71.1 Å². The summed E-state index contributed by atoms with van der Waals surface area (Å²) >= 11 is 13.2. The molecule has 1 aromatic heterocycles. The first-order valence-corrected chi connectivity index (χ1v) is 14.1. The number of aromatic nitrogens is 2. The molecule has 3 aromatic rings. The zero-order chi connectivity index (χ0) is 27.7. The second-order valence-electron chi connectivity index (χ2n) is 11.3. The van der Waals surface area contributed by atoms with Crippen LogP contribution in [0.2, 0.25) is 10.0 Å². The van der Waals surface area contributed by atoms with Gasteiger partial charge in [0.2, 0.25) is 5.91 Å². The Labute approximate surface area is 239 Å². The molecule has 5 rings (SSSR count). The summed E-state index contributed by atoms with van der Waals surface area (Å²) < 4.78 is 12.6. The summed E-state index contributed by atoms with van der Waals surface area (Å²) in [6.07, 6.45) is 4.69. The van der Waals surface area contributed by atoms with Gasteiger partial charge < -0.3 is 14.4 Å². The predicted octanol–water partition coefficient (Wildman–Crippen LogP) is 6.50. The molecule has 9 heteroatoms. The van der Waals surface area contributed by atoms with E-state index in [1.807, 2.05) is 56.0 Å². The highest BCUT2D eigenvalue weighted by molar-refractivity contribution is 6.36. The van der Waals surface area contributed by atoms with Crippen LogP contribution in [0.15, 0.2) is 48.7 Å². The van der Waals surface area contributed by atoms with Gasteiger partial charge in [-0.25, -0.2) is 4.79 Å². The van der Waals surface area contributed by atoms with E-state index in [2.05, 4.69) is 5.10 Å². The van der Waals surface area contributed by atoms with E-state index >= 15 is 0 Å². The molecule has 0 N–H and O–H groups in total. The van der Waals surface area contributed by atoms with Gasteiger partial charge in [0, 0.05) is 34.7 Å². The van der Waals surface area contributed by atoms with Gasteiger partial charge in [0.05, 0.1) is 5.69 Å². The standard InChI is InChI=1S/C30H33Cl2N3O4/c1-30(2,3)39-29(37)35-17-21-13-22(9-10-27(21)33-35)34-12-11-20(28(34)36)14-24-25(31)15-23(16-26(24)32)38-18-19-7-5-4-6-8-19/h4-8,15-17,20,22H,9-14,18H2,1-3H3/t20?,22-/m0/s1. The van der Waals surface area contributed by atoms with E-state index in [9.17, 15) is 9.59 Å². The zero-order valence-corrected chi connectivity index (χ0v) is 24.0.